The molecule has 0 unspecified atom stereocenters. The molecule has 0 aliphatic carbocycles. The third kappa shape index (κ3) is 1.84. The summed E-state index contributed by atoms with van der Waals surface area (Å²) in [4.78, 5) is 8.11. The quantitative estimate of drug-likeness (QED) is 0.689. The molecule has 2 aromatic heterocycles. The van der Waals surface area contributed by atoms with Crippen LogP contribution in [0.25, 0.3) is 11.3 Å². The van der Waals surface area contributed by atoms with E-state index in [1.807, 2.05) is 18.2 Å². The topological polar surface area (TPSA) is 25.8 Å². The molecule has 2 rings (SSSR count). The maximum absolute atomic E-state index is 5.80. The van der Waals surface area contributed by atoms with Gasteiger partial charge in [-0.05, 0) is 12.1 Å². The summed E-state index contributed by atoms with van der Waals surface area (Å²) in [6.45, 7) is 0. The van der Waals surface area contributed by atoms with Crippen molar-refractivity contribution in [3.63, 3.8) is 0 Å². The molecule has 1 radical (unpaired) electrons. The number of aromatic nitrogens is 2. The Labute approximate surface area is 81.2 Å². The summed E-state index contributed by atoms with van der Waals surface area (Å²) in [5, 5.41) is 0.618. The maximum Gasteiger partial charge on any atom is 0.0718 e. The van der Waals surface area contributed by atoms with Gasteiger partial charge in [-0.2, -0.15) is 0 Å². The molecule has 0 saturated carbocycles. The molecule has 0 aliphatic heterocycles. The number of hydrogen-bond acceptors (Lipinski definition) is 2. The van der Waals surface area contributed by atoms with Crippen molar-refractivity contribution < 1.29 is 0 Å². The van der Waals surface area contributed by atoms with E-state index in [0.717, 1.165) is 11.3 Å². The second kappa shape index (κ2) is 3.54. The minimum absolute atomic E-state index is 0.618. The van der Waals surface area contributed by atoms with Gasteiger partial charge in [0.2, 0.25) is 0 Å². The van der Waals surface area contributed by atoms with Crippen molar-refractivity contribution in [1.82, 2.24) is 9.97 Å². The lowest BCUT2D eigenvalue weighted by molar-refractivity contribution is 1.28. The largest absolute Gasteiger partial charge is 0.262 e. The number of rotatable bonds is 1. The molecular formula is C10H6ClN2. The summed E-state index contributed by atoms with van der Waals surface area (Å²) in [6, 6.07) is 8.36. The molecule has 0 aromatic carbocycles. The van der Waals surface area contributed by atoms with Crippen LogP contribution in [0.5, 0.6) is 0 Å². The smallest absolute Gasteiger partial charge is 0.0718 e. The fourth-order valence-electron chi connectivity index (χ4n) is 1.04. The highest BCUT2D eigenvalue weighted by atomic mass is 35.5. The van der Waals surface area contributed by atoms with Crippen molar-refractivity contribution in [3.05, 3.63) is 47.9 Å². The van der Waals surface area contributed by atoms with Gasteiger partial charge in [0, 0.05) is 30.2 Å². The fourth-order valence-corrected chi connectivity index (χ4v) is 1.22. The standard InChI is InChI=1S/C10H6ClN2/c11-9-5-8(6-12-7-9)10-3-1-2-4-13-10/h1,3-7H. The van der Waals surface area contributed by atoms with Crippen LogP contribution in [-0.2, 0) is 0 Å². The molecule has 3 heteroatoms. The molecule has 0 atom stereocenters. The average molecular weight is 190 g/mol. The maximum atomic E-state index is 5.80. The van der Waals surface area contributed by atoms with E-state index in [1.54, 1.807) is 18.6 Å². The van der Waals surface area contributed by atoms with Crippen LogP contribution in [0.15, 0.2) is 36.8 Å². The molecule has 0 bridgehead atoms. The first-order chi connectivity index (χ1) is 6.36. The molecular weight excluding hydrogens is 184 g/mol. The van der Waals surface area contributed by atoms with E-state index >= 15 is 0 Å². The van der Waals surface area contributed by atoms with E-state index < -0.39 is 0 Å². The molecule has 63 valence electrons. The number of nitrogens with zero attached hydrogens (tertiary/aromatic N) is 2. The molecule has 0 N–H and O–H groups in total. The molecule has 2 heterocycles. The molecule has 0 saturated heterocycles. The van der Waals surface area contributed by atoms with Gasteiger partial charge in [-0.15, -0.1) is 0 Å². The molecule has 0 fully saturated rings. The van der Waals surface area contributed by atoms with Gasteiger partial charge in [-0.25, -0.2) is 0 Å². The Morgan fingerprint density at radius 1 is 1.31 bits per heavy atom. The SMILES string of the molecule is Clc1cncc(-c2cc[c]cn2)c1. The number of halogens is 1. The van der Waals surface area contributed by atoms with Gasteiger partial charge in [0.05, 0.1) is 10.7 Å². The third-order valence-electron chi connectivity index (χ3n) is 1.62. The molecule has 0 spiro atoms. The highest BCUT2D eigenvalue weighted by molar-refractivity contribution is 6.30. The molecule has 0 amide bonds. The Kier molecular flexibility index (Phi) is 2.23. The Bertz CT molecular complexity index is 401. The van der Waals surface area contributed by atoms with E-state index in [2.05, 4.69) is 16.0 Å². The van der Waals surface area contributed by atoms with Crippen LogP contribution in [0.4, 0.5) is 0 Å². The van der Waals surface area contributed by atoms with E-state index in [1.165, 1.54) is 0 Å². The lowest BCUT2D eigenvalue weighted by atomic mass is 10.2. The second-order valence-corrected chi connectivity index (χ2v) is 2.97. The first-order valence-electron chi connectivity index (χ1n) is 3.79. The summed E-state index contributed by atoms with van der Waals surface area (Å²) < 4.78 is 0. The van der Waals surface area contributed by atoms with Gasteiger partial charge >= 0.3 is 0 Å². The van der Waals surface area contributed by atoms with Crippen molar-refractivity contribution >= 4 is 11.6 Å². The van der Waals surface area contributed by atoms with E-state index in [-0.39, 0.29) is 0 Å². The predicted molar refractivity (Wildman–Crippen MR) is 51.3 cm³/mol. The average Bonchev–Trinajstić information content (AvgIpc) is 2.19. The van der Waals surface area contributed by atoms with Crippen molar-refractivity contribution in [3.8, 4) is 11.3 Å². The Morgan fingerprint density at radius 3 is 2.92 bits per heavy atom. The Morgan fingerprint density at radius 2 is 2.23 bits per heavy atom. The minimum Gasteiger partial charge on any atom is -0.262 e. The molecule has 13 heavy (non-hydrogen) atoms. The monoisotopic (exact) mass is 189 g/mol. The summed E-state index contributed by atoms with van der Waals surface area (Å²) >= 11 is 5.80. The van der Waals surface area contributed by atoms with Crippen molar-refractivity contribution in [2.75, 3.05) is 0 Å². The van der Waals surface area contributed by atoms with Crippen LogP contribution >= 0.6 is 11.6 Å². The highest BCUT2D eigenvalue weighted by Crippen LogP contribution is 2.18. The summed E-state index contributed by atoms with van der Waals surface area (Å²) in [5.74, 6) is 0. The van der Waals surface area contributed by atoms with Crippen molar-refractivity contribution in [2.24, 2.45) is 0 Å². The Balaban J connectivity index is 2.48. The van der Waals surface area contributed by atoms with Crippen molar-refractivity contribution in [1.29, 1.82) is 0 Å². The fraction of sp³-hybridized carbons (Fsp3) is 0. The number of pyridine rings is 2. The van der Waals surface area contributed by atoms with Gasteiger partial charge in [0.25, 0.3) is 0 Å². The highest BCUT2D eigenvalue weighted by Gasteiger charge is 1.98. The minimum atomic E-state index is 0.618. The van der Waals surface area contributed by atoms with Crippen LogP contribution in [0, 0.1) is 6.07 Å². The Hall–Kier alpha value is -1.41. The van der Waals surface area contributed by atoms with E-state index in [0.29, 0.717) is 5.02 Å². The first-order valence-corrected chi connectivity index (χ1v) is 4.17. The zero-order chi connectivity index (χ0) is 9.10. The number of hydrogen-bond donors (Lipinski definition) is 0. The lowest BCUT2D eigenvalue weighted by Gasteiger charge is -1.98. The normalized spacial score (nSPS) is 9.92. The molecule has 2 aromatic rings. The van der Waals surface area contributed by atoms with Gasteiger partial charge < -0.3 is 0 Å². The molecule has 0 aliphatic rings. The van der Waals surface area contributed by atoms with Crippen LogP contribution in [0.2, 0.25) is 5.02 Å². The first kappa shape index (κ1) is 8.20. The summed E-state index contributed by atoms with van der Waals surface area (Å²) in [7, 11) is 0. The van der Waals surface area contributed by atoms with Gasteiger partial charge in [-0.3, -0.25) is 9.97 Å². The van der Waals surface area contributed by atoms with Gasteiger partial charge in [0.15, 0.2) is 0 Å². The van der Waals surface area contributed by atoms with Crippen molar-refractivity contribution in [2.45, 2.75) is 0 Å². The van der Waals surface area contributed by atoms with Crippen LogP contribution in [0.1, 0.15) is 0 Å². The lowest BCUT2D eigenvalue weighted by Crippen LogP contribution is -1.82. The molecule has 2 nitrogen and oxygen atoms in total. The summed E-state index contributed by atoms with van der Waals surface area (Å²) in [5.41, 5.74) is 1.77. The predicted octanol–water partition coefficient (Wildman–Crippen LogP) is 2.60. The zero-order valence-corrected chi connectivity index (χ0v) is 7.49. The van der Waals surface area contributed by atoms with Crippen LogP contribution in [0.3, 0.4) is 0 Å². The van der Waals surface area contributed by atoms with E-state index in [9.17, 15) is 0 Å². The van der Waals surface area contributed by atoms with Crippen LogP contribution < -0.4 is 0 Å². The van der Waals surface area contributed by atoms with E-state index in [4.69, 9.17) is 11.6 Å². The van der Waals surface area contributed by atoms with Crippen LogP contribution in [-0.4, -0.2) is 9.97 Å². The summed E-state index contributed by atoms with van der Waals surface area (Å²) in [6.07, 6.45) is 4.95. The zero-order valence-electron chi connectivity index (χ0n) is 6.74. The second-order valence-electron chi connectivity index (χ2n) is 2.54. The van der Waals surface area contributed by atoms with Gasteiger partial charge in [0.1, 0.15) is 0 Å². The third-order valence-corrected chi connectivity index (χ3v) is 1.82. The van der Waals surface area contributed by atoms with Gasteiger partial charge in [-0.1, -0.05) is 17.7 Å².